The van der Waals surface area contributed by atoms with Crippen LogP contribution in [0.15, 0.2) is 18.6 Å². The second kappa shape index (κ2) is 6.43. The topological polar surface area (TPSA) is 47.7 Å². The maximum atomic E-state index is 4.52. The standard InChI is InChI=1S/C16H25N5/c1-13-9-14(2)21(19-13)8-4-7-20-12-18-11-16(20)15-5-3-6-17-10-15/h9,11-12,15,17H,3-8,10H2,1-2H3. The Morgan fingerprint density at radius 3 is 2.95 bits per heavy atom. The number of hydrogen-bond donors (Lipinski definition) is 1. The van der Waals surface area contributed by atoms with Gasteiger partial charge in [-0.15, -0.1) is 0 Å². The molecule has 0 radical (unpaired) electrons. The molecule has 0 amide bonds. The Labute approximate surface area is 126 Å². The molecule has 3 heterocycles. The van der Waals surface area contributed by atoms with Crippen LogP contribution in [0.2, 0.25) is 0 Å². The highest BCUT2D eigenvalue weighted by Gasteiger charge is 2.18. The van der Waals surface area contributed by atoms with Gasteiger partial charge in [0.25, 0.3) is 0 Å². The van der Waals surface area contributed by atoms with Crippen molar-refractivity contribution in [2.75, 3.05) is 13.1 Å². The second-order valence-electron chi connectivity index (χ2n) is 6.06. The fourth-order valence-electron chi connectivity index (χ4n) is 3.25. The van der Waals surface area contributed by atoms with Gasteiger partial charge < -0.3 is 9.88 Å². The van der Waals surface area contributed by atoms with Crippen molar-refractivity contribution in [3.05, 3.63) is 35.7 Å². The smallest absolute Gasteiger partial charge is 0.0948 e. The average Bonchev–Trinajstić information content (AvgIpc) is 3.07. The average molecular weight is 287 g/mol. The van der Waals surface area contributed by atoms with Crippen LogP contribution in [0.3, 0.4) is 0 Å². The van der Waals surface area contributed by atoms with E-state index >= 15 is 0 Å². The molecule has 0 aliphatic carbocycles. The van der Waals surface area contributed by atoms with Gasteiger partial charge in [-0.1, -0.05) is 0 Å². The lowest BCUT2D eigenvalue weighted by atomic mass is 9.96. The summed E-state index contributed by atoms with van der Waals surface area (Å²) in [5.41, 5.74) is 3.73. The molecule has 5 nitrogen and oxygen atoms in total. The summed E-state index contributed by atoms with van der Waals surface area (Å²) in [5.74, 6) is 0.620. The lowest BCUT2D eigenvalue weighted by Crippen LogP contribution is -2.29. The number of piperidine rings is 1. The van der Waals surface area contributed by atoms with Crippen LogP contribution in [-0.4, -0.2) is 32.4 Å². The largest absolute Gasteiger partial charge is 0.334 e. The Kier molecular flexibility index (Phi) is 4.39. The van der Waals surface area contributed by atoms with Gasteiger partial charge in [-0.3, -0.25) is 4.68 Å². The molecule has 1 aliphatic heterocycles. The van der Waals surface area contributed by atoms with Gasteiger partial charge in [-0.05, 0) is 45.7 Å². The van der Waals surface area contributed by atoms with Crippen LogP contribution >= 0.6 is 0 Å². The molecule has 3 rings (SSSR count). The molecule has 1 aliphatic rings. The first-order valence-electron chi connectivity index (χ1n) is 7.96. The Balaban J connectivity index is 1.58. The molecule has 0 saturated carbocycles. The van der Waals surface area contributed by atoms with Gasteiger partial charge in [0.2, 0.25) is 0 Å². The molecule has 114 valence electrons. The summed E-state index contributed by atoms with van der Waals surface area (Å²) in [4.78, 5) is 4.36. The number of hydrogen-bond acceptors (Lipinski definition) is 3. The first kappa shape index (κ1) is 14.3. The van der Waals surface area contributed by atoms with Gasteiger partial charge >= 0.3 is 0 Å². The Bertz CT molecular complexity index is 577. The number of nitrogens with zero attached hydrogens (tertiary/aromatic N) is 4. The molecule has 2 aromatic heterocycles. The highest BCUT2D eigenvalue weighted by molar-refractivity contribution is 5.08. The van der Waals surface area contributed by atoms with Crippen LogP contribution < -0.4 is 5.32 Å². The van der Waals surface area contributed by atoms with Crippen LogP contribution in [0, 0.1) is 13.8 Å². The van der Waals surface area contributed by atoms with Gasteiger partial charge in [0.05, 0.1) is 12.0 Å². The van der Waals surface area contributed by atoms with Gasteiger partial charge in [-0.2, -0.15) is 5.10 Å². The number of aryl methyl sites for hydroxylation is 4. The van der Waals surface area contributed by atoms with E-state index in [1.165, 1.54) is 24.2 Å². The lowest BCUT2D eigenvalue weighted by Gasteiger charge is -2.23. The van der Waals surface area contributed by atoms with Crippen molar-refractivity contribution in [2.45, 2.75) is 52.1 Å². The molecular weight excluding hydrogens is 262 g/mol. The SMILES string of the molecule is Cc1cc(C)n(CCCn2cncc2C2CCCNC2)n1. The fourth-order valence-corrected chi connectivity index (χ4v) is 3.25. The van der Waals surface area contributed by atoms with Crippen LogP contribution in [-0.2, 0) is 13.1 Å². The van der Waals surface area contributed by atoms with Crippen molar-refractivity contribution in [3.63, 3.8) is 0 Å². The Morgan fingerprint density at radius 1 is 1.33 bits per heavy atom. The minimum atomic E-state index is 0.620. The van der Waals surface area contributed by atoms with E-state index in [1.807, 2.05) is 19.4 Å². The summed E-state index contributed by atoms with van der Waals surface area (Å²) in [7, 11) is 0. The molecule has 1 saturated heterocycles. The van der Waals surface area contributed by atoms with Crippen molar-refractivity contribution < 1.29 is 0 Å². The predicted molar refractivity (Wildman–Crippen MR) is 83.4 cm³/mol. The monoisotopic (exact) mass is 287 g/mol. The first-order chi connectivity index (χ1) is 10.2. The lowest BCUT2D eigenvalue weighted by molar-refractivity contribution is 0.432. The Hall–Kier alpha value is -1.62. The summed E-state index contributed by atoms with van der Waals surface area (Å²) in [6.45, 7) is 8.40. The molecule has 1 unspecified atom stereocenters. The van der Waals surface area contributed by atoms with Crippen molar-refractivity contribution in [3.8, 4) is 0 Å². The maximum Gasteiger partial charge on any atom is 0.0948 e. The third-order valence-electron chi connectivity index (χ3n) is 4.33. The zero-order chi connectivity index (χ0) is 14.7. The number of nitrogens with one attached hydrogen (secondary N) is 1. The van der Waals surface area contributed by atoms with Gasteiger partial charge in [-0.25, -0.2) is 4.98 Å². The van der Waals surface area contributed by atoms with E-state index in [0.717, 1.165) is 38.3 Å². The molecular formula is C16H25N5. The third-order valence-corrected chi connectivity index (χ3v) is 4.33. The highest BCUT2D eigenvalue weighted by atomic mass is 15.3. The Morgan fingerprint density at radius 2 is 2.24 bits per heavy atom. The third kappa shape index (κ3) is 3.35. The van der Waals surface area contributed by atoms with E-state index in [9.17, 15) is 0 Å². The van der Waals surface area contributed by atoms with Crippen LogP contribution in [0.25, 0.3) is 0 Å². The van der Waals surface area contributed by atoms with E-state index in [-0.39, 0.29) is 0 Å². The second-order valence-corrected chi connectivity index (χ2v) is 6.06. The molecule has 0 aromatic carbocycles. The van der Waals surface area contributed by atoms with Crippen LogP contribution in [0.5, 0.6) is 0 Å². The molecule has 0 spiro atoms. The molecule has 5 heteroatoms. The zero-order valence-electron chi connectivity index (χ0n) is 13.0. The van der Waals surface area contributed by atoms with Crippen molar-refractivity contribution >= 4 is 0 Å². The molecule has 2 aromatic rings. The summed E-state index contributed by atoms with van der Waals surface area (Å²) >= 11 is 0. The van der Waals surface area contributed by atoms with E-state index in [0.29, 0.717) is 5.92 Å². The van der Waals surface area contributed by atoms with Crippen LogP contribution in [0.1, 0.15) is 42.3 Å². The normalized spacial score (nSPS) is 19.0. The zero-order valence-corrected chi connectivity index (χ0v) is 13.0. The summed E-state index contributed by atoms with van der Waals surface area (Å²) in [6.07, 6.45) is 7.65. The minimum absolute atomic E-state index is 0.620. The van der Waals surface area contributed by atoms with Gasteiger partial charge in [0, 0.05) is 43.1 Å². The summed E-state index contributed by atoms with van der Waals surface area (Å²) < 4.78 is 4.43. The summed E-state index contributed by atoms with van der Waals surface area (Å²) in [6, 6.07) is 2.14. The van der Waals surface area contributed by atoms with Crippen molar-refractivity contribution in [1.29, 1.82) is 0 Å². The number of imidazole rings is 1. The van der Waals surface area contributed by atoms with E-state index in [4.69, 9.17) is 0 Å². The quantitative estimate of drug-likeness (QED) is 0.917. The fraction of sp³-hybridized carbons (Fsp3) is 0.625. The number of aromatic nitrogens is 4. The maximum absolute atomic E-state index is 4.52. The van der Waals surface area contributed by atoms with Gasteiger partial charge in [0.1, 0.15) is 0 Å². The first-order valence-corrected chi connectivity index (χ1v) is 7.96. The van der Waals surface area contributed by atoms with Crippen LogP contribution in [0.4, 0.5) is 0 Å². The van der Waals surface area contributed by atoms with Crippen molar-refractivity contribution in [2.24, 2.45) is 0 Å². The molecule has 1 N–H and O–H groups in total. The number of rotatable bonds is 5. The van der Waals surface area contributed by atoms with E-state index in [2.05, 4.69) is 37.6 Å². The minimum Gasteiger partial charge on any atom is -0.334 e. The van der Waals surface area contributed by atoms with E-state index < -0.39 is 0 Å². The molecule has 1 fully saturated rings. The predicted octanol–water partition coefficient (Wildman–Crippen LogP) is 2.25. The van der Waals surface area contributed by atoms with Crippen molar-refractivity contribution in [1.82, 2.24) is 24.6 Å². The van der Waals surface area contributed by atoms with Gasteiger partial charge in [0.15, 0.2) is 0 Å². The molecule has 21 heavy (non-hydrogen) atoms. The highest BCUT2D eigenvalue weighted by Crippen LogP contribution is 2.23. The molecule has 0 bridgehead atoms. The van der Waals surface area contributed by atoms with E-state index in [1.54, 1.807) is 0 Å². The summed E-state index contributed by atoms with van der Waals surface area (Å²) in [5, 5.41) is 8.01. The molecule has 1 atom stereocenters.